The lowest BCUT2D eigenvalue weighted by atomic mass is 10.0. The van der Waals surface area contributed by atoms with Gasteiger partial charge in [-0.15, -0.1) is 0 Å². The molecule has 0 spiro atoms. The fourth-order valence-electron chi connectivity index (χ4n) is 3.82. The van der Waals surface area contributed by atoms with E-state index < -0.39 is 0 Å². The van der Waals surface area contributed by atoms with Crippen molar-refractivity contribution in [2.75, 3.05) is 32.7 Å². The lowest BCUT2D eigenvalue weighted by molar-refractivity contribution is -0.140. The van der Waals surface area contributed by atoms with Gasteiger partial charge < -0.3 is 19.5 Å². The molecule has 1 unspecified atom stereocenters. The molecule has 0 bridgehead atoms. The number of nitrogens with zero attached hydrogens (tertiary/aromatic N) is 3. The van der Waals surface area contributed by atoms with Crippen LogP contribution in [0.3, 0.4) is 0 Å². The number of hydrogen-bond acceptors (Lipinski definition) is 5. The van der Waals surface area contributed by atoms with E-state index in [-0.39, 0.29) is 30.1 Å². The average Bonchev–Trinajstić information content (AvgIpc) is 3.17. The Hall–Kier alpha value is -2.74. The molecule has 2 aliphatic rings. The van der Waals surface area contributed by atoms with E-state index >= 15 is 0 Å². The van der Waals surface area contributed by atoms with Crippen LogP contribution in [0, 0.1) is 5.82 Å². The minimum absolute atomic E-state index is 0.0220. The number of piperidine rings is 1. The average molecular weight is 386 g/mol. The summed E-state index contributed by atoms with van der Waals surface area (Å²) in [6, 6.07) is 5.95. The van der Waals surface area contributed by atoms with Gasteiger partial charge in [-0.2, -0.15) is 0 Å². The molecule has 148 valence electrons. The molecule has 3 heterocycles. The van der Waals surface area contributed by atoms with Crippen molar-refractivity contribution in [2.45, 2.75) is 25.3 Å². The molecule has 0 aliphatic carbocycles. The van der Waals surface area contributed by atoms with Crippen molar-refractivity contribution in [2.24, 2.45) is 0 Å². The van der Waals surface area contributed by atoms with E-state index in [1.54, 1.807) is 12.1 Å². The van der Waals surface area contributed by atoms with Gasteiger partial charge in [-0.05, 0) is 37.1 Å². The standard InChI is InChI=1S/C20H23FN4O3/c21-15-5-3-14(4-6-15)20-23-16(13-28-20)10-18(26)24-8-1-2-17(12-24)25-9-7-22-11-19(25)27/h3-6,13,17,22H,1-2,7-12H2. The van der Waals surface area contributed by atoms with Crippen LogP contribution in [-0.2, 0) is 16.0 Å². The molecule has 4 rings (SSSR count). The number of benzene rings is 1. The summed E-state index contributed by atoms with van der Waals surface area (Å²) >= 11 is 0. The van der Waals surface area contributed by atoms with Crippen molar-refractivity contribution < 1.29 is 18.4 Å². The van der Waals surface area contributed by atoms with Crippen molar-refractivity contribution in [1.29, 1.82) is 0 Å². The molecular weight excluding hydrogens is 363 g/mol. The van der Waals surface area contributed by atoms with Gasteiger partial charge in [0.25, 0.3) is 0 Å². The monoisotopic (exact) mass is 386 g/mol. The summed E-state index contributed by atoms with van der Waals surface area (Å²) in [6.07, 6.45) is 3.42. The van der Waals surface area contributed by atoms with Crippen LogP contribution in [0.15, 0.2) is 34.9 Å². The third kappa shape index (κ3) is 4.06. The van der Waals surface area contributed by atoms with Gasteiger partial charge in [0.2, 0.25) is 17.7 Å². The van der Waals surface area contributed by atoms with E-state index in [9.17, 15) is 14.0 Å². The Labute approximate surface area is 162 Å². The summed E-state index contributed by atoms with van der Waals surface area (Å²) in [4.78, 5) is 33.0. The molecule has 2 fully saturated rings. The Bertz CT molecular complexity index is 851. The molecule has 7 nitrogen and oxygen atoms in total. The SMILES string of the molecule is O=C(Cc1coc(-c2ccc(F)cc2)n1)N1CCCC(N2CCNCC2=O)C1. The van der Waals surface area contributed by atoms with Gasteiger partial charge >= 0.3 is 0 Å². The Balaban J connectivity index is 1.38. The van der Waals surface area contributed by atoms with E-state index in [4.69, 9.17) is 4.42 Å². The molecule has 0 saturated carbocycles. The minimum atomic E-state index is -0.326. The van der Waals surface area contributed by atoms with E-state index in [1.807, 2.05) is 9.80 Å². The third-order valence-electron chi connectivity index (χ3n) is 5.29. The number of hydrogen-bond donors (Lipinski definition) is 1. The molecule has 2 aliphatic heterocycles. The zero-order valence-corrected chi connectivity index (χ0v) is 15.6. The summed E-state index contributed by atoms with van der Waals surface area (Å²) in [5.74, 6) is 0.122. The molecule has 1 N–H and O–H groups in total. The quantitative estimate of drug-likeness (QED) is 0.861. The summed E-state index contributed by atoms with van der Waals surface area (Å²) in [7, 11) is 0. The number of oxazole rings is 1. The lowest BCUT2D eigenvalue weighted by Crippen LogP contribution is -2.57. The Morgan fingerprint density at radius 3 is 2.89 bits per heavy atom. The molecule has 1 aromatic carbocycles. The number of likely N-dealkylation sites (tertiary alicyclic amines) is 1. The van der Waals surface area contributed by atoms with Crippen molar-refractivity contribution in [1.82, 2.24) is 20.1 Å². The first-order chi connectivity index (χ1) is 13.6. The summed E-state index contributed by atoms with van der Waals surface area (Å²) in [5, 5.41) is 3.08. The second kappa shape index (κ2) is 8.10. The first-order valence-corrected chi connectivity index (χ1v) is 9.58. The normalized spacial score (nSPS) is 20.5. The fourth-order valence-corrected chi connectivity index (χ4v) is 3.82. The van der Waals surface area contributed by atoms with E-state index in [2.05, 4.69) is 10.3 Å². The summed E-state index contributed by atoms with van der Waals surface area (Å²) in [5.41, 5.74) is 1.21. The molecule has 2 aromatic rings. The van der Waals surface area contributed by atoms with Gasteiger partial charge in [-0.1, -0.05) is 0 Å². The second-order valence-electron chi connectivity index (χ2n) is 7.23. The van der Waals surface area contributed by atoms with Crippen molar-refractivity contribution in [3.8, 4) is 11.5 Å². The molecule has 2 saturated heterocycles. The number of rotatable bonds is 4. The molecule has 1 atom stereocenters. The molecule has 28 heavy (non-hydrogen) atoms. The fraction of sp³-hybridized carbons (Fsp3) is 0.450. The Morgan fingerprint density at radius 2 is 2.11 bits per heavy atom. The van der Waals surface area contributed by atoms with Gasteiger partial charge in [0, 0.05) is 37.8 Å². The number of carbonyl (C=O) groups is 2. The van der Waals surface area contributed by atoms with Crippen LogP contribution in [0.4, 0.5) is 4.39 Å². The topological polar surface area (TPSA) is 78.7 Å². The van der Waals surface area contributed by atoms with Crippen molar-refractivity contribution in [3.05, 3.63) is 42.0 Å². The number of aromatic nitrogens is 1. The number of nitrogens with one attached hydrogen (secondary N) is 1. The second-order valence-corrected chi connectivity index (χ2v) is 7.23. The predicted octanol–water partition coefficient (Wildman–Crippen LogP) is 1.45. The van der Waals surface area contributed by atoms with Crippen LogP contribution in [-0.4, -0.2) is 65.4 Å². The maximum Gasteiger partial charge on any atom is 0.236 e. The van der Waals surface area contributed by atoms with Gasteiger partial charge in [-0.3, -0.25) is 9.59 Å². The van der Waals surface area contributed by atoms with E-state index in [0.29, 0.717) is 43.3 Å². The highest BCUT2D eigenvalue weighted by atomic mass is 19.1. The predicted molar refractivity (Wildman–Crippen MR) is 99.8 cm³/mol. The molecule has 0 radical (unpaired) electrons. The summed E-state index contributed by atoms with van der Waals surface area (Å²) in [6.45, 7) is 3.11. The maximum atomic E-state index is 13.0. The van der Waals surface area contributed by atoms with Gasteiger partial charge in [0.15, 0.2) is 0 Å². The highest BCUT2D eigenvalue weighted by Crippen LogP contribution is 2.21. The van der Waals surface area contributed by atoms with Crippen LogP contribution in [0.5, 0.6) is 0 Å². The maximum absolute atomic E-state index is 13.0. The molecule has 2 amide bonds. The third-order valence-corrected chi connectivity index (χ3v) is 5.29. The van der Waals surface area contributed by atoms with Crippen LogP contribution in [0.25, 0.3) is 11.5 Å². The van der Waals surface area contributed by atoms with Crippen LogP contribution >= 0.6 is 0 Å². The molecular formula is C20H23FN4O3. The number of halogens is 1. The van der Waals surface area contributed by atoms with Gasteiger partial charge in [0.1, 0.15) is 12.1 Å². The highest BCUT2D eigenvalue weighted by Gasteiger charge is 2.31. The van der Waals surface area contributed by atoms with Crippen LogP contribution < -0.4 is 5.32 Å². The number of piperazine rings is 1. The zero-order valence-electron chi connectivity index (χ0n) is 15.6. The number of carbonyl (C=O) groups excluding carboxylic acids is 2. The molecule has 8 heteroatoms. The van der Waals surface area contributed by atoms with Crippen LogP contribution in [0.2, 0.25) is 0 Å². The van der Waals surface area contributed by atoms with Crippen LogP contribution in [0.1, 0.15) is 18.5 Å². The lowest BCUT2D eigenvalue weighted by Gasteiger charge is -2.41. The minimum Gasteiger partial charge on any atom is -0.444 e. The Kier molecular flexibility index (Phi) is 5.38. The Morgan fingerprint density at radius 1 is 1.29 bits per heavy atom. The summed E-state index contributed by atoms with van der Waals surface area (Å²) < 4.78 is 18.5. The smallest absolute Gasteiger partial charge is 0.236 e. The van der Waals surface area contributed by atoms with E-state index in [1.165, 1.54) is 18.4 Å². The van der Waals surface area contributed by atoms with Crippen molar-refractivity contribution >= 4 is 11.8 Å². The van der Waals surface area contributed by atoms with Crippen molar-refractivity contribution in [3.63, 3.8) is 0 Å². The highest BCUT2D eigenvalue weighted by molar-refractivity contribution is 5.80. The van der Waals surface area contributed by atoms with Gasteiger partial charge in [-0.25, -0.2) is 9.37 Å². The zero-order chi connectivity index (χ0) is 19.5. The first-order valence-electron chi connectivity index (χ1n) is 9.58. The van der Waals surface area contributed by atoms with Gasteiger partial charge in [0.05, 0.1) is 18.7 Å². The largest absolute Gasteiger partial charge is 0.444 e. The molecule has 1 aromatic heterocycles. The number of amides is 2. The first kappa shape index (κ1) is 18.6. The van der Waals surface area contributed by atoms with E-state index in [0.717, 1.165) is 19.4 Å².